The standard InChI is InChI=1S/C24H19F6N5O3S/c1-3-35-21-13(10-32-23(31-2)33-21)8-16(22(35)36)15-9-17(25)20(19(27)18(15)26)34-39(37,38)11-12-4-6-14(7-5-12)24(28,29)30/h4-10,34H,3,11H2,1-2H3,(H,31,32,33). The Bertz CT molecular complexity index is 1740. The summed E-state index contributed by atoms with van der Waals surface area (Å²) in [5.74, 6) is -5.88. The lowest BCUT2D eigenvalue weighted by Crippen LogP contribution is -2.23. The lowest BCUT2D eigenvalue weighted by atomic mass is 10.0. The fraction of sp³-hybridized carbons (Fsp3) is 0.208. The molecule has 4 aromatic rings. The van der Waals surface area contributed by atoms with E-state index < -0.39 is 67.3 Å². The lowest BCUT2D eigenvalue weighted by Gasteiger charge is -2.15. The van der Waals surface area contributed by atoms with Gasteiger partial charge in [0.2, 0.25) is 16.0 Å². The van der Waals surface area contributed by atoms with Gasteiger partial charge in [0, 0.05) is 30.7 Å². The first kappa shape index (κ1) is 27.9. The predicted molar refractivity (Wildman–Crippen MR) is 132 cm³/mol. The highest BCUT2D eigenvalue weighted by Gasteiger charge is 2.30. The molecule has 0 saturated carbocycles. The molecule has 8 nitrogen and oxygen atoms in total. The van der Waals surface area contributed by atoms with Crippen LogP contribution in [0.25, 0.3) is 22.2 Å². The van der Waals surface area contributed by atoms with Crippen molar-refractivity contribution in [3.05, 3.63) is 81.5 Å². The van der Waals surface area contributed by atoms with E-state index in [1.165, 1.54) is 6.20 Å². The number of aryl methyl sites for hydroxylation is 1. The molecule has 2 heterocycles. The Morgan fingerprint density at radius 3 is 2.26 bits per heavy atom. The first-order valence-corrected chi connectivity index (χ1v) is 12.8. The van der Waals surface area contributed by atoms with E-state index in [-0.39, 0.29) is 29.1 Å². The molecular weight excluding hydrogens is 552 g/mol. The number of nitrogens with one attached hydrogen (secondary N) is 2. The molecule has 0 atom stereocenters. The van der Waals surface area contributed by atoms with E-state index in [9.17, 15) is 35.2 Å². The molecule has 15 heteroatoms. The number of hydrogen-bond donors (Lipinski definition) is 2. The maximum atomic E-state index is 15.1. The quantitative estimate of drug-likeness (QED) is 0.242. The van der Waals surface area contributed by atoms with Crippen molar-refractivity contribution >= 4 is 32.7 Å². The Morgan fingerprint density at radius 1 is 1.00 bits per heavy atom. The number of halogens is 6. The van der Waals surface area contributed by atoms with Gasteiger partial charge in [0.1, 0.15) is 11.3 Å². The smallest absolute Gasteiger partial charge is 0.357 e. The second-order valence-electron chi connectivity index (χ2n) is 8.29. The van der Waals surface area contributed by atoms with Crippen LogP contribution in [0.15, 0.2) is 47.4 Å². The number of sulfonamides is 1. The number of alkyl halides is 3. The number of aromatic nitrogens is 3. The molecule has 0 aliphatic carbocycles. The van der Waals surface area contributed by atoms with E-state index in [1.54, 1.807) is 18.7 Å². The van der Waals surface area contributed by atoms with Gasteiger partial charge in [0.05, 0.1) is 16.9 Å². The van der Waals surface area contributed by atoms with Gasteiger partial charge in [0.25, 0.3) is 5.56 Å². The van der Waals surface area contributed by atoms with Crippen LogP contribution in [0.1, 0.15) is 18.1 Å². The molecule has 0 unspecified atom stereocenters. The normalized spacial score (nSPS) is 12.1. The number of hydrogen-bond acceptors (Lipinski definition) is 6. The molecule has 0 spiro atoms. The first-order valence-electron chi connectivity index (χ1n) is 11.2. The van der Waals surface area contributed by atoms with Gasteiger partial charge in [-0.3, -0.25) is 14.1 Å². The van der Waals surface area contributed by atoms with E-state index in [4.69, 9.17) is 0 Å². The predicted octanol–water partition coefficient (Wildman–Crippen LogP) is 4.90. The molecule has 0 aliphatic rings. The van der Waals surface area contributed by atoms with Gasteiger partial charge < -0.3 is 5.32 Å². The first-order chi connectivity index (χ1) is 18.3. The Hall–Kier alpha value is -4.14. The largest absolute Gasteiger partial charge is 0.416 e. The highest BCUT2D eigenvalue weighted by Crippen LogP contribution is 2.33. The summed E-state index contributed by atoms with van der Waals surface area (Å²) >= 11 is 0. The molecule has 206 valence electrons. The fourth-order valence-electron chi connectivity index (χ4n) is 3.85. The average molecular weight is 572 g/mol. The van der Waals surface area contributed by atoms with Gasteiger partial charge in [-0.05, 0) is 36.8 Å². The average Bonchev–Trinajstić information content (AvgIpc) is 2.88. The molecule has 0 fully saturated rings. The van der Waals surface area contributed by atoms with Crippen LogP contribution in [0.4, 0.5) is 38.0 Å². The molecule has 39 heavy (non-hydrogen) atoms. The van der Waals surface area contributed by atoms with E-state index >= 15 is 4.39 Å². The molecule has 0 saturated heterocycles. The molecule has 2 aromatic carbocycles. The molecule has 0 bridgehead atoms. The summed E-state index contributed by atoms with van der Waals surface area (Å²) in [6.07, 6.45) is -3.31. The number of fused-ring (bicyclic) bond motifs is 1. The zero-order valence-electron chi connectivity index (χ0n) is 20.2. The van der Waals surface area contributed by atoms with Crippen LogP contribution >= 0.6 is 0 Å². The highest BCUT2D eigenvalue weighted by molar-refractivity contribution is 7.91. The Kier molecular flexibility index (Phi) is 7.29. The lowest BCUT2D eigenvalue weighted by molar-refractivity contribution is -0.137. The summed E-state index contributed by atoms with van der Waals surface area (Å²) in [6, 6.07) is 4.71. The molecule has 0 amide bonds. The van der Waals surface area contributed by atoms with Gasteiger partial charge in [0.15, 0.2) is 17.5 Å². The third kappa shape index (κ3) is 5.53. The Labute approximate surface area is 217 Å². The Balaban J connectivity index is 1.72. The van der Waals surface area contributed by atoms with Crippen molar-refractivity contribution in [3.63, 3.8) is 0 Å². The highest BCUT2D eigenvalue weighted by atomic mass is 32.2. The fourth-order valence-corrected chi connectivity index (χ4v) is 5.05. The van der Waals surface area contributed by atoms with E-state index in [0.29, 0.717) is 18.2 Å². The van der Waals surface area contributed by atoms with Crippen LogP contribution in [-0.2, 0) is 28.5 Å². The summed E-state index contributed by atoms with van der Waals surface area (Å²) in [7, 11) is -3.04. The molecule has 0 aliphatic heterocycles. The van der Waals surface area contributed by atoms with Gasteiger partial charge in [-0.25, -0.2) is 26.6 Å². The number of nitrogens with zero attached hydrogens (tertiary/aromatic N) is 3. The topological polar surface area (TPSA) is 106 Å². The zero-order valence-corrected chi connectivity index (χ0v) is 21.0. The van der Waals surface area contributed by atoms with E-state index in [0.717, 1.165) is 22.8 Å². The van der Waals surface area contributed by atoms with Crippen molar-refractivity contribution in [1.82, 2.24) is 14.5 Å². The molecular formula is C24H19F6N5O3S. The zero-order chi connectivity index (χ0) is 28.7. The number of anilines is 2. The molecule has 0 radical (unpaired) electrons. The second-order valence-corrected chi connectivity index (χ2v) is 10.0. The molecule has 2 N–H and O–H groups in total. The van der Waals surface area contributed by atoms with Gasteiger partial charge >= 0.3 is 6.18 Å². The second kappa shape index (κ2) is 10.2. The number of benzene rings is 2. The van der Waals surface area contributed by atoms with Crippen LogP contribution < -0.4 is 15.6 Å². The van der Waals surface area contributed by atoms with Crippen LogP contribution in [0.2, 0.25) is 0 Å². The van der Waals surface area contributed by atoms with Crippen molar-refractivity contribution in [2.24, 2.45) is 0 Å². The van der Waals surface area contributed by atoms with Gasteiger partial charge in [-0.2, -0.15) is 18.2 Å². The van der Waals surface area contributed by atoms with E-state index in [1.807, 2.05) is 0 Å². The van der Waals surface area contributed by atoms with Crippen LogP contribution in [-0.4, -0.2) is 30.0 Å². The minimum Gasteiger partial charge on any atom is -0.357 e. The third-order valence-corrected chi connectivity index (χ3v) is 6.94. The summed E-state index contributed by atoms with van der Waals surface area (Å²) in [4.78, 5) is 21.3. The monoisotopic (exact) mass is 571 g/mol. The number of pyridine rings is 1. The minimum absolute atomic E-state index is 0.0811. The summed E-state index contributed by atoms with van der Waals surface area (Å²) in [5, 5.41) is 2.98. The Morgan fingerprint density at radius 2 is 1.67 bits per heavy atom. The summed E-state index contributed by atoms with van der Waals surface area (Å²) in [6.45, 7) is 1.69. The molecule has 4 rings (SSSR count). The summed E-state index contributed by atoms with van der Waals surface area (Å²) < 4.78 is 111. The van der Waals surface area contributed by atoms with Crippen LogP contribution in [0.5, 0.6) is 0 Å². The van der Waals surface area contributed by atoms with Crippen molar-refractivity contribution in [3.8, 4) is 11.1 Å². The van der Waals surface area contributed by atoms with Crippen molar-refractivity contribution in [2.45, 2.75) is 25.4 Å². The van der Waals surface area contributed by atoms with Crippen molar-refractivity contribution in [1.29, 1.82) is 0 Å². The van der Waals surface area contributed by atoms with Gasteiger partial charge in [-0.15, -0.1) is 0 Å². The van der Waals surface area contributed by atoms with Gasteiger partial charge in [-0.1, -0.05) is 12.1 Å². The minimum atomic E-state index is -4.64. The van der Waals surface area contributed by atoms with Crippen LogP contribution in [0, 0.1) is 17.5 Å². The number of rotatable bonds is 7. The SMILES string of the molecule is CCn1c(=O)c(-c2cc(F)c(NS(=O)(=O)Cc3ccc(C(F)(F)F)cc3)c(F)c2F)cc2cnc(NC)nc21. The maximum absolute atomic E-state index is 15.1. The maximum Gasteiger partial charge on any atom is 0.416 e. The van der Waals surface area contributed by atoms with Crippen molar-refractivity contribution in [2.75, 3.05) is 17.1 Å². The van der Waals surface area contributed by atoms with Crippen LogP contribution in [0.3, 0.4) is 0 Å². The summed E-state index contributed by atoms with van der Waals surface area (Å²) in [5.41, 5.74) is -4.27. The van der Waals surface area contributed by atoms with Crippen molar-refractivity contribution < 1.29 is 34.8 Å². The third-order valence-electron chi connectivity index (χ3n) is 5.71. The van der Waals surface area contributed by atoms with E-state index in [2.05, 4.69) is 15.3 Å². The molecule has 2 aromatic heterocycles.